The largest absolute Gasteiger partial charge is 0.504 e. The number of hydrogen-bond donors (Lipinski definition) is 3. The Bertz CT molecular complexity index is 1260. The van der Waals surface area contributed by atoms with Gasteiger partial charge in [0.15, 0.2) is 17.3 Å². The van der Waals surface area contributed by atoms with Crippen LogP contribution in [-0.2, 0) is 9.59 Å². The number of Topliss-reactive ketones (excluding diaryl/α,β-unsaturated/α-hetero) is 1. The summed E-state index contributed by atoms with van der Waals surface area (Å²) in [5.74, 6) is -0.432. The quantitative estimate of drug-likeness (QED) is 0.564. The third-order valence-corrected chi connectivity index (χ3v) is 6.87. The molecule has 0 radical (unpaired) electrons. The molecule has 2 aromatic carbocycles. The second-order valence-corrected chi connectivity index (χ2v) is 9.20. The van der Waals surface area contributed by atoms with Gasteiger partial charge in [0, 0.05) is 23.4 Å². The number of ether oxygens (including phenoxy) is 1. The van der Waals surface area contributed by atoms with E-state index in [9.17, 15) is 20.0 Å². The molecule has 1 atom stereocenters. The number of phenols is 1. The molecule has 1 aliphatic heterocycles. The molecule has 8 heteroatoms. The summed E-state index contributed by atoms with van der Waals surface area (Å²) in [6, 6.07) is 14.7. The molecule has 0 fully saturated rings. The molecule has 7 nitrogen and oxygen atoms in total. The first-order chi connectivity index (χ1) is 16.4. The average molecular weight is 476 g/mol. The number of nitriles is 1. The number of rotatable bonds is 6. The second-order valence-electron chi connectivity index (χ2n) is 8.22. The molecule has 0 saturated carbocycles. The smallest absolute Gasteiger partial charge is 0.234 e. The fraction of sp³-hybridized carbons (Fsp3) is 0.269. The number of carbonyl (C=O) groups excluding carboxylic acids is 2. The van der Waals surface area contributed by atoms with E-state index in [0.29, 0.717) is 40.3 Å². The van der Waals surface area contributed by atoms with Crippen LogP contribution in [0.1, 0.15) is 36.3 Å². The van der Waals surface area contributed by atoms with Crippen molar-refractivity contribution in [3.05, 3.63) is 75.5 Å². The molecule has 2 aliphatic rings. The van der Waals surface area contributed by atoms with Crippen molar-refractivity contribution >= 4 is 29.1 Å². The first-order valence-corrected chi connectivity index (χ1v) is 11.9. The van der Waals surface area contributed by atoms with E-state index in [1.54, 1.807) is 12.1 Å². The van der Waals surface area contributed by atoms with Gasteiger partial charge in [-0.15, -0.1) is 0 Å². The Balaban J connectivity index is 1.65. The van der Waals surface area contributed by atoms with E-state index >= 15 is 0 Å². The van der Waals surface area contributed by atoms with Crippen molar-refractivity contribution in [3.8, 4) is 17.6 Å². The second kappa shape index (κ2) is 10.1. The number of ketones is 1. The molecule has 1 aliphatic carbocycles. The lowest BCUT2D eigenvalue weighted by atomic mass is 9.77. The van der Waals surface area contributed by atoms with E-state index in [0.717, 1.165) is 17.7 Å². The molecule has 0 saturated heterocycles. The van der Waals surface area contributed by atoms with Crippen LogP contribution < -0.4 is 15.4 Å². The molecule has 0 bridgehead atoms. The minimum atomic E-state index is -0.592. The highest BCUT2D eigenvalue weighted by atomic mass is 32.2. The van der Waals surface area contributed by atoms with Gasteiger partial charge < -0.3 is 20.5 Å². The Kier molecular flexibility index (Phi) is 6.94. The number of methoxy groups -OCH3 is 1. The number of thioether (sulfide) groups is 1. The summed E-state index contributed by atoms with van der Waals surface area (Å²) in [5.41, 5.74) is 4.17. The Labute approximate surface area is 202 Å². The van der Waals surface area contributed by atoms with Gasteiger partial charge in [-0.1, -0.05) is 30.0 Å². The number of carbonyl (C=O) groups is 2. The van der Waals surface area contributed by atoms with Crippen LogP contribution in [0, 0.1) is 18.3 Å². The molecule has 2 aromatic rings. The Hall–Kier alpha value is -3.70. The molecule has 1 heterocycles. The topological polar surface area (TPSA) is 111 Å². The maximum absolute atomic E-state index is 12.9. The molecule has 174 valence electrons. The van der Waals surface area contributed by atoms with Crippen molar-refractivity contribution in [3.63, 3.8) is 0 Å². The summed E-state index contributed by atoms with van der Waals surface area (Å²) in [5, 5.41) is 26.9. The molecule has 3 N–H and O–H groups in total. The van der Waals surface area contributed by atoms with E-state index in [1.165, 1.54) is 24.9 Å². The number of phenolic OH excluding ortho intramolecular Hbond substituents is 1. The zero-order chi connectivity index (χ0) is 24.2. The Morgan fingerprint density at radius 3 is 2.85 bits per heavy atom. The number of nitrogens with zero attached hydrogens (tertiary/aromatic N) is 1. The highest BCUT2D eigenvalue weighted by Crippen LogP contribution is 2.45. The van der Waals surface area contributed by atoms with Crippen LogP contribution in [0.4, 0.5) is 5.69 Å². The number of nitrogens with one attached hydrogen (secondary N) is 2. The van der Waals surface area contributed by atoms with Crippen molar-refractivity contribution in [2.45, 2.75) is 32.1 Å². The summed E-state index contributed by atoms with van der Waals surface area (Å²) in [6.45, 7) is 1.95. The van der Waals surface area contributed by atoms with Gasteiger partial charge in [0.2, 0.25) is 5.91 Å². The van der Waals surface area contributed by atoms with Gasteiger partial charge in [-0.3, -0.25) is 9.59 Å². The van der Waals surface area contributed by atoms with Gasteiger partial charge >= 0.3 is 0 Å². The number of allylic oxidation sites excluding steroid dienone is 3. The number of aryl methyl sites for hydroxylation is 1. The Morgan fingerprint density at radius 2 is 2.12 bits per heavy atom. The first-order valence-electron chi connectivity index (χ1n) is 10.9. The highest BCUT2D eigenvalue weighted by molar-refractivity contribution is 8.03. The maximum atomic E-state index is 12.9. The molecule has 0 spiro atoms. The van der Waals surface area contributed by atoms with E-state index in [2.05, 4.69) is 16.7 Å². The monoisotopic (exact) mass is 475 g/mol. The molecular weight excluding hydrogens is 450 g/mol. The van der Waals surface area contributed by atoms with Gasteiger partial charge in [-0.25, -0.2) is 0 Å². The Morgan fingerprint density at radius 1 is 1.29 bits per heavy atom. The third kappa shape index (κ3) is 4.80. The van der Waals surface area contributed by atoms with Crippen molar-refractivity contribution in [1.82, 2.24) is 5.32 Å². The number of dihydropyridines is 1. The SMILES string of the molecule is COc1cc(C2C(C#N)=C(SCC(=O)Nc3cccc(C)c3)NC3=C2C(=O)CCC3)ccc1O. The molecule has 0 aromatic heterocycles. The van der Waals surface area contributed by atoms with Crippen LogP contribution in [0.15, 0.2) is 64.3 Å². The summed E-state index contributed by atoms with van der Waals surface area (Å²) in [7, 11) is 1.45. The van der Waals surface area contributed by atoms with Crippen molar-refractivity contribution in [2.75, 3.05) is 18.2 Å². The number of hydrogen-bond acceptors (Lipinski definition) is 7. The van der Waals surface area contributed by atoms with Gasteiger partial charge in [0.25, 0.3) is 0 Å². The van der Waals surface area contributed by atoms with E-state index in [-0.39, 0.29) is 28.9 Å². The van der Waals surface area contributed by atoms with Gasteiger partial charge in [0.05, 0.1) is 35.5 Å². The lowest BCUT2D eigenvalue weighted by Crippen LogP contribution is -2.31. The predicted octanol–water partition coefficient (Wildman–Crippen LogP) is 4.51. The summed E-state index contributed by atoms with van der Waals surface area (Å²) < 4.78 is 5.26. The van der Waals surface area contributed by atoms with Crippen LogP contribution >= 0.6 is 11.8 Å². The summed E-state index contributed by atoms with van der Waals surface area (Å²) in [6.07, 6.45) is 1.83. The zero-order valence-electron chi connectivity index (χ0n) is 19.0. The lowest BCUT2D eigenvalue weighted by molar-refractivity contribution is -0.116. The molecule has 4 rings (SSSR count). The van der Waals surface area contributed by atoms with Crippen LogP contribution in [0.3, 0.4) is 0 Å². The molecule has 1 unspecified atom stereocenters. The van der Waals surface area contributed by atoms with E-state index in [4.69, 9.17) is 4.74 Å². The van der Waals surface area contributed by atoms with Gasteiger partial charge in [-0.2, -0.15) is 5.26 Å². The summed E-state index contributed by atoms with van der Waals surface area (Å²) >= 11 is 1.24. The van der Waals surface area contributed by atoms with Crippen molar-refractivity contribution in [2.24, 2.45) is 0 Å². The number of aromatic hydroxyl groups is 1. The van der Waals surface area contributed by atoms with Crippen molar-refractivity contribution in [1.29, 1.82) is 5.26 Å². The third-order valence-electron chi connectivity index (χ3n) is 5.85. The predicted molar refractivity (Wildman–Crippen MR) is 131 cm³/mol. The van der Waals surface area contributed by atoms with Crippen molar-refractivity contribution < 1.29 is 19.4 Å². The standard InChI is InChI=1S/C26H25N3O4S/c1-15-5-3-6-17(11-15)28-23(32)14-34-26-18(13-27)24(16-9-10-20(30)22(12-16)33-2)25-19(29-26)7-4-8-21(25)31/h3,5-6,9-12,24,29-30H,4,7-8,14H2,1-2H3,(H,28,32). The minimum absolute atomic E-state index is 0.000202. The first kappa shape index (κ1) is 23.5. The van der Waals surface area contributed by atoms with Gasteiger partial charge in [0.1, 0.15) is 0 Å². The van der Waals surface area contributed by atoms with Crippen LogP contribution in [0.25, 0.3) is 0 Å². The normalized spacial score (nSPS) is 17.6. The fourth-order valence-electron chi connectivity index (χ4n) is 4.30. The van der Waals surface area contributed by atoms with E-state index < -0.39 is 5.92 Å². The van der Waals surface area contributed by atoms with Crippen LogP contribution in [0.2, 0.25) is 0 Å². The lowest BCUT2D eigenvalue weighted by Gasteiger charge is -2.33. The van der Waals surface area contributed by atoms with Crippen LogP contribution in [-0.4, -0.2) is 29.7 Å². The molecule has 34 heavy (non-hydrogen) atoms. The summed E-state index contributed by atoms with van der Waals surface area (Å²) in [4.78, 5) is 25.5. The van der Waals surface area contributed by atoms with E-state index in [1.807, 2.05) is 31.2 Å². The van der Waals surface area contributed by atoms with Crippen LogP contribution in [0.5, 0.6) is 11.5 Å². The average Bonchev–Trinajstić information content (AvgIpc) is 2.82. The van der Waals surface area contributed by atoms with Gasteiger partial charge in [-0.05, 0) is 55.2 Å². The number of amides is 1. The fourth-order valence-corrected chi connectivity index (χ4v) is 5.16. The maximum Gasteiger partial charge on any atom is 0.234 e. The number of anilines is 1. The highest BCUT2D eigenvalue weighted by Gasteiger charge is 2.37. The number of benzene rings is 2. The zero-order valence-corrected chi connectivity index (χ0v) is 19.8. The minimum Gasteiger partial charge on any atom is -0.504 e. The molecule has 1 amide bonds. The molecular formula is C26H25N3O4S.